The number of carbonyl (C=O) groups is 1. The molecule has 2 aliphatic rings. The lowest BCUT2D eigenvalue weighted by Crippen LogP contribution is -2.40. The van der Waals surface area contributed by atoms with E-state index in [1.165, 1.54) is 0 Å². The van der Waals surface area contributed by atoms with Crippen molar-refractivity contribution in [3.63, 3.8) is 0 Å². The largest absolute Gasteiger partial charge is 0.378 e. The van der Waals surface area contributed by atoms with E-state index >= 15 is 0 Å². The average molecular weight is 381 g/mol. The van der Waals surface area contributed by atoms with Gasteiger partial charge in [-0.15, -0.1) is 11.3 Å². The van der Waals surface area contributed by atoms with Crippen molar-refractivity contribution in [1.29, 1.82) is 0 Å². The van der Waals surface area contributed by atoms with Gasteiger partial charge in [-0.05, 0) is 23.9 Å². The van der Waals surface area contributed by atoms with E-state index in [2.05, 4.69) is 5.10 Å². The van der Waals surface area contributed by atoms with Gasteiger partial charge in [0.15, 0.2) is 15.5 Å². The highest BCUT2D eigenvalue weighted by atomic mass is 32.2. The van der Waals surface area contributed by atoms with Gasteiger partial charge in [-0.25, -0.2) is 8.42 Å². The van der Waals surface area contributed by atoms with Crippen LogP contribution in [0.15, 0.2) is 23.6 Å². The molecule has 0 radical (unpaired) electrons. The molecule has 2 aromatic rings. The first kappa shape index (κ1) is 16.7. The highest BCUT2D eigenvalue weighted by Gasteiger charge is 2.33. The third-order valence-corrected chi connectivity index (χ3v) is 7.22. The monoisotopic (exact) mass is 381 g/mol. The lowest BCUT2D eigenvalue weighted by Gasteiger charge is -2.25. The fourth-order valence-electron chi connectivity index (χ4n) is 3.28. The van der Waals surface area contributed by atoms with Crippen LogP contribution < -0.4 is 0 Å². The zero-order valence-corrected chi connectivity index (χ0v) is 15.3. The van der Waals surface area contributed by atoms with Crippen molar-refractivity contribution in [3.05, 3.63) is 29.3 Å². The molecule has 0 aromatic carbocycles. The molecular weight excluding hydrogens is 362 g/mol. The number of rotatable bonds is 3. The Morgan fingerprint density at radius 1 is 1.32 bits per heavy atom. The van der Waals surface area contributed by atoms with Crippen LogP contribution in [-0.4, -0.2) is 66.8 Å². The van der Waals surface area contributed by atoms with Crippen molar-refractivity contribution in [1.82, 2.24) is 14.7 Å². The second kappa shape index (κ2) is 6.54. The normalized spacial score (nSPS) is 23.0. The number of thiophene rings is 1. The molecule has 4 rings (SSSR count). The predicted octanol–water partition coefficient (Wildman–Crippen LogP) is 1.44. The molecule has 1 amide bonds. The Balaban J connectivity index is 1.70. The van der Waals surface area contributed by atoms with Crippen molar-refractivity contribution >= 4 is 27.1 Å². The summed E-state index contributed by atoms with van der Waals surface area (Å²) in [5, 5.41) is 6.48. The molecule has 0 spiro atoms. The SMILES string of the molecule is O=C(c1cc(-c2cccs2)n([C@H]2CCS(=O)(=O)C2)n1)N1CCOCC1. The first-order chi connectivity index (χ1) is 12.0. The lowest BCUT2D eigenvalue weighted by molar-refractivity contribution is 0.0298. The van der Waals surface area contributed by atoms with Crippen LogP contribution in [0.3, 0.4) is 0 Å². The van der Waals surface area contributed by atoms with Gasteiger partial charge in [0, 0.05) is 13.1 Å². The number of sulfone groups is 1. The maximum atomic E-state index is 12.8. The zero-order valence-electron chi connectivity index (χ0n) is 13.6. The lowest BCUT2D eigenvalue weighted by atomic mass is 10.2. The number of hydrogen-bond donors (Lipinski definition) is 0. The summed E-state index contributed by atoms with van der Waals surface area (Å²) in [6, 6.07) is 5.47. The van der Waals surface area contributed by atoms with Crippen LogP contribution in [0.1, 0.15) is 23.0 Å². The average Bonchev–Trinajstić information content (AvgIpc) is 3.33. The van der Waals surface area contributed by atoms with Gasteiger partial charge in [-0.1, -0.05) is 6.07 Å². The second-order valence-electron chi connectivity index (χ2n) is 6.30. The summed E-state index contributed by atoms with van der Waals surface area (Å²) < 4.78 is 30.8. The van der Waals surface area contributed by atoms with Crippen molar-refractivity contribution in [3.8, 4) is 10.6 Å². The Bertz CT molecular complexity index is 867. The van der Waals surface area contributed by atoms with Crippen LogP contribution >= 0.6 is 11.3 Å². The molecule has 7 nitrogen and oxygen atoms in total. The third-order valence-electron chi connectivity index (χ3n) is 4.58. The Hall–Kier alpha value is -1.71. The number of hydrogen-bond acceptors (Lipinski definition) is 6. The number of aromatic nitrogens is 2. The molecule has 0 N–H and O–H groups in total. The number of nitrogens with zero attached hydrogens (tertiary/aromatic N) is 3. The van der Waals surface area contributed by atoms with Gasteiger partial charge in [0.2, 0.25) is 0 Å². The van der Waals surface area contributed by atoms with Crippen molar-refractivity contribution in [2.75, 3.05) is 37.8 Å². The van der Waals surface area contributed by atoms with Gasteiger partial charge in [-0.2, -0.15) is 5.10 Å². The fourth-order valence-corrected chi connectivity index (χ4v) is 5.71. The highest BCUT2D eigenvalue weighted by Crippen LogP contribution is 2.32. The predicted molar refractivity (Wildman–Crippen MR) is 94.6 cm³/mol. The van der Waals surface area contributed by atoms with E-state index in [0.29, 0.717) is 38.4 Å². The molecule has 0 bridgehead atoms. The van der Waals surface area contributed by atoms with Crippen LogP contribution in [0.5, 0.6) is 0 Å². The van der Waals surface area contributed by atoms with E-state index < -0.39 is 9.84 Å². The van der Waals surface area contributed by atoms with Gasteiger partial charge in [0.1, 0.15) is 0 Å². The summed E-state index contributed by atoms with van der Waals surface area (Å²) in [5.74, 6) is 0.132. The van der Waals surface area contributed by atoms with Crippen molar-refractivity contribution in [2.24, 2.45) is 0 Å². The van der Waals surface area contributed by atoms with E-state index in [4.69, 9.17) is 4.74 Å². The van der Waals surface area contributed by atoms with E-state index in [-0.39, 0.29) is 23.5 Å². The van der Waals surface area contributed by atoms with E-state index in [0.717, 1.165) is 10.6 Å². The molecule has 2 fully saturated rings. The topological polar surface area (TPSA) is 81.5 Å². The Morgan fingerprint density at radius 2 is 2.12 bits per heavy atom. The molecule has 0 aliphatic carbocycles. The van der Waals surface area contributed by atoms with Gasteiger partial charge < -0.3 is 9.64 Å². The summed E-state index contributed by atoms with van der Waals surface area (Å²) in [6.07, 6.45) is 0.535. The van der Waals surface area contributed by atoms with E-state index in [1.807, 2.05) is 17.5 Å². The third kappa shape index (κ3) is 3.36. The van der Waals surface area contributed by atoms with E-state index in [1.54, 1.807) is 27.0 Å². The first-order valence-electron chi connectivity index (χ1n) is 8.24. The first-order valence-corrected chi connectivity index (χ1v) is 10.9. The van der Waals surface area contributed by atoms with Gasteiger partial charge in [0.05, 0.1) is 41.3 Å². The van der Waals surface area contributed by atoms with Gasteiger partial charge >= 0.3 is 0 Å². The molecule has 25 heavy (non-hydrogen) atoms. The van der Waals surface area contributed by atoms with E-state index in [9.17, 15) is 13.2 Å². The molecule has 134 valence electrons. The number of carbonyl (C=O) groups excluding carboxylic acids is 1. The Labute approximate surface area is 150 Å². The molecule has 2 aromatic heterocycles. The van der Waals surface area contributed by atoms with Crippen molar-refractivity contribution < 1.29 is 17.9 Å². The number of morpholine rings is 1. The van der Waals surface area contributed by atoms with Gasteiger partial charge in [0.25, 0.3) is 5.91 Å². The maximum absolute atomic E-state index is 12.8. The van der Waals surface area contributed by atoms with Crippen LogP contribution in [0.4, 0.5) is 0 Å². The van der Waals surface area contributed by atoms with Crippen LogP contribution in [-0.2, 0) is 14.6 Å². The zero-order chi connectivity index (χ0) is 17.4. The highest BCUT2D eigenvalue weighted by molar-refractivity contribution is 7.91. The minimum Gasteiger partial charge on any atom is -0.378 e. The summed E-state index contributed by atoms with van der Waals surface area (Å²) in [5.41, 5.74) is 1.18. The molecule has 0 saturated carbocycles. The molecule has 2 aliphatic heterocycles. The number of amides is 1. The molecule has 2 saturated heterocycles. The van der Waals surface area contributed by atoms with Crippen LogP contribution in [0.25, 0.3) is 10.6 Å². The maximum Gasteiger partial charge on any atom is 0.274 e. The van der Waals surface area contributed by atoms with Crippen LogP contribution in [0, 0.1) is 0 Å². The minimum atomic E-state index is -3.03. The molecular formula is C16H19N3O4S2. The summed E-state index contributed by atoms with van der Waals surface area (Å²) in [4.78, 5) is 15.5. The molecule has 4 heterocycles. The second-order valence-corrected chi connectivity index (χ2v) is 9.47. The fraction of sp³-hybridized carbons (Fsp3) is 0.500. The molecule has 1 atom stereocenters. The number of ether oxygens (including phenoxy) is 1. The Kier molecular flexibility index (Phi) is 4.38. The summed E-state index contributed by atoms with van der Waals surface area (Å²) in [6.45, 7) is 2.17. The van der Waals surface area contributed by atoms with Crippen LogP contribution in [0.2, 0.25) is 0 Å². The quantitative estimate of drug-likeness (QED) is 0.804. The summed E-state index contributed by atoms with van der Waals surface area (Å²) >= 11 is 1.55. The molecule has 0 unspecified atom stereocenters. The molecule has 9 heteroatoms. The Morgan fingerprint density at radius 3 is 2.76 bits per heavy atom. The smallest absolute Gasteiger partial charge is 0.274 e. The minimum absolute atomic E-state index is 0.0816. The summed E-state index contributed by atoms with van der Waals surface area (Å²) in [7, 11) is -3.03. The standard InChI is InChI=1S/C16H19N3O4S2/c20-16(18-4-6-23-7-5-18)13-10-14(15-2-1-8-24-15)19(17-13)12-3-9-25(21,22)11-12/h1-2,8,10,12H,3-7,9,11H2/t12-/m0/s1. The van der Waals surface area contributed by atoms with Crippen molar-refractivity contribution in [2.45, 2.75) is 12.5 Å². The van der Waals surface area contributed by atoms with Gasteiger partial charge in [-0.3, -0.25) is 9.48 Å².